The summed E-state index contributed by atoms with van der Waals surface area (Å²) < 4.78 is 3.56. The van der Waals surface area contributed by atoms with Gasteiger partial charge in [0.05, 0.1) is 11.0 Å². The number of hydrogen-bond donors (Lipinski definition) is 1. The molecule has 0 aliphatic carbocycles. The molecule has 2 rings (SSSR count). The molecule has 1 aromatic heterocycles. The Kier molecular flexibility index (Phi) is 4.59. The van der Waals surface area contributed by atoms with Crippen LogP contribution in [0.2, 0.25) is 0 Å². The van der Waals surface area contributed by atoms with E-state index in [1.54, 1.807) is 9.13 Å². The number of hydrogen-bond acceptors (Lipinski definition) is 2. The highest BCUT2D eigenvalue weighted by Crippen LogP contribution is 2.19. The zero-order valence-corrected chi connectivity index (χ0v) is 11.9. The molecule has 0 fully saturated rings. The Morgan fingerprint density at radius 1 is 1.22 bits per heavy atom. The van der Waals surface area contributed by atoms with Crippen LogP contribution in [0.3, 0.4) is 0 Å². The quantitative estimate of drug-likeness (QED) is 0.832. The van der Waals surface area contributed by atoms with E-state index in [1.165, 1.54) is 0 Å². The summed E-state index contributed by atoms with van der Waals surface area (Å²) in [5.74, 6) is 0. The van der Waals surface area contributed by atoms with E-state index >= 15 is 0 Å². The molecule has 18 heavy (non-hydrogen) atoms. The number of nitrogen functional groups attached to an aromatic ring is 1. The fraction of sp³-hybridized carbons (Fsp3) is 0.500. The molecule has 1 aromatic carbocycles. The molecule has 4 nitrogen and oxygen atoms in total. The first-order chi connectivity index (χ1) is 8.56. The zero-order valence-electron chi connectivity index (χ0n) is 11.9. The Morgan fingerprint density at radius 3 is 2.33 bits per heavy atom. The second-order valence-electron chi connectivity index (χ2n) is 4.24. The molecule has 0 bridgehead atoms. The van der Waals surface area contributed by atoms with Gasteiger partial charge in [-0.05, 0) is 39.0 Å². The van der Waals surface area contributed by atoms with Crippen LogP contribution in [0.1, 0.15) is 40.7 Å². The molecule has 0 saturated heterocycles. The highest BCUT2D eigenvalue weighted by molar-refractivity contribution is 5.79. The van der Waals surface area contributed by atoms with Gasteiger partial charge < -0.3 is 5.73 Å². The average Bonchev–Trinajstić information content (AvgIpc) is 2.62. The van der Waals surface area contributed by atoms with E-state index in [4.69, 9.17) is 5.73 Å². The molecule has 0 aliphatic heterocycles. The predicted octanol–water partition coefficient (Wildman–Crippen LogP) is 3.01. The normalized spacial score (nSPS) is 10.6. The third kappa shape index (κ3) is 2.28. The van der Waals surface area contributed by atoms with Crippen LogP contribution in [-0.2, 0) is 6.54 Å². The topological polar surface area (TPSA) is 53.0 Å². The lowest BCUT2D eigenvalue weighted by atomic mass is 10.2. The van der Waals surface area contributed by atoms with Crippen molar-refractivity contribution in [3.05, 3.63) is 28.7 Å². The highest BCUT2D eigenvalue weighted by Gasteiger charge is 2.13. The summed E-state index contributed by atoms with van der Waals surface area (Å²) in [4.78, 5) is 12.2. The molecule has 0 atom stereocenters. The summed E-state index contributed by atoms with van der Waals surface area (Å²) in [5.41, 5.74) is 8.36. The second-order valence-corrected chi connectivity index (χ2v) is 4.24. The number of nitrogens with zero attached hydrogens (tertiary/aromatic N) is 2. The first kappa shape index (κ1) is 14.4. The fourth-order valence-corrected chi connectivity index (χ4v) is 2.10. The van der Waals surface area contributed by atoms with Gasteiger partial charge in [0.1, 0.15) is 0 Å². The van der Waals surface area contributed by atoms with Crippen molar-refractivity contribution in [1.29, 1.82) is 0 Å². The van der Waals surface area contributed by atoms with E-state index in [0.717, 1.165) is 11.0 Å². The molecule has 1 heterocycles. The summed E-state index contributed by atoms with van der Waals surface area (Å²) in [7, 11) is 0. The second kappa shape index (κ2) is 5.76. The molecule has 0 unspecified atom stereocenters. The highest BCUT2D eigenvalue weighted by atomic mass is 16.1. The van der Waals surface area contributed by atoms with Crippen molar-refractivity contribution in [2.75, 3.05) is 5.73 Å². The van der Waals surface area contributed by atoms with Crippen LogP contribution in [0.25, 0.3) is 11.0 Å². The number of fused-ring (bicyclic) bond motifs is 1. The van der Waals surface area contributed by atoms with Crippen molar-refractivity contribution in [1.82, 2.24) is 9.13 Å². The number of aryl methyl sites for hydroxylation is 1. The number of imidazole rings is 1. The van der Waals surface area contributed by atoms with Crippen LogP contribution in [0.5, 0.6) is 0 Å². The van der Waals surface area contributed by atoms with Crippen LogP contribution in [0.15, 0.2) is 23.0 Å². The summed E-state index contributed by atoms with van der Waals surface area (Å²) in [5, 5.41) is 0. The maximum absolute atomic E-state index is 12.2. The zero-order chi connectivity index (χ0) is 13.9. The number of aromatic nitrogens is 2. The SMILES string of the molecule is CC.CCn1c(=O)n(C(C)C)c2ccc(N)cc21. The lowest BCUT2D eigenvalue weighted by molar-refractivity contribution is 0.571. The average molecular weight is 249 g/mol. The minimum absolute atomic E-state index is 0.0399. The largest absolute Gasteiger partial charge is 0.399 e. The van der Waals surface area contributed by atoms with Crippen LogP contribution < -0.4 is 11.4 Å². The summed E-state index contributed by atoms with van der Waals surface area (Å²) in [6, 6.07) is 5.77. The van der Waals surface area contributed by atoms with Gasteiger partial charge in [-0.2, -0.15) is 0 Å². The van der Waals surface area contributed by atoms with Gasteiger partial charge in [-0.1, -0.05) is 13.8 Å². The van der Waals surface area contributed by atoms with Crippen LogP contribution in [0, 0.1) is 0 Å². The number of benzene rings is 1. The Balaban J connectivity index is 0.000000771. The van der Waals surface area contributed by atoms with Crippen molar-refractivity contribution >= 4 is 16.7 Å². The van der Waals surface area contributed by atoms with Crippen LogP contribution in [0.4, 0.5) is 5.69 Å². The van der Waals surface area contributed by atoms with Gasteiger partial charge in [-0.25, -0.2) is 4.79 Å². The molecule has 4 heteroatoms. The van der Waals surface area contributed by atoms with Gasteiger partial charge >= 0.3 is 5.69 Å². The lowest BCUT2D eigenvalue weighted by Gasteiger charge is -2.06. The van der Waals surface area contributed by atoms with Gasteiger partial charge in [0, 0.05) is 18.3 Å². The molecule has 0 radical (unpaired) electrons. The predicted molar refractivity (Wildman–Crippen MR) is 78.0 cm³/mol. The Hall–Kier alpha value is -1.71. The summed E-state index contributed by atoms with van der Waals surface area (Å²) in [6.07, 6.45) is 0. The molecule has 0 saturated carbocycles. The Labute approximate surface area is 108 Å². The maximum Gasteiger partial charge on any atom is 0.329 e. The Morgan fingerprint density at radius 2 is 1.83 bits per heavy atom. The maximum atomic E-state index is 12.2. The molecule has 0 aliphatic rings. The van der Waals surface area contributed by atoms with Crippen LogP contribution >= 0.6 is 0 Å². The summed E-state index contributed by atoms with van der Waals surface area (Å²) >= 11 is 0. The van der Waals surface area contributed by atoms with Crippen molar-refractivity contribution in [3.63, 3.8) is 0 Å². The van der Waals surface area contributed by atoms with Gasteiger partial charge in [0.25, 0.3) is 0 Å². The first-order valence-electron chi connectivity index (χ1n) is 6.56. The standard InChI is InChI=1S/C12H17N3O.C2H6/c1-4-14-11-7-9(13)5-6-10(11)15(8(2)3)12(14)16;1-2/h5-8H,4,13H2,1-3H3;1-2H3. The van der Waals surface area contributed by atoms with Gasteiger partial charge in [-0.15, -0.1) is 0 Å². The Bertz CT molecular complexity index is 578. The van der Waals surface area contributed by atoms with Crippen molar-refractivity contribution < 1.29 is 0 Å². The van der Waals surface area contributed by atoms with E-state index < -0.39 is 0 Å². The smallest absolute Gasteiger partial charge is 0.329 e. The number of nitrogens with two attached hydrogens (primary N) is 1. The minimum atomic E-state index is 0.0399. The molecule has 2 aromatic rings. The number of rotatable bonds is 2. The fourth-order valence-electron chi connectivity index (χ4n) is 2.10. The van der Waals surface area contributed by atoms with E-state index in [0.29, 0.717) is 12.2 Å². The minimum Gasteiger partial charge on any atom is -0.399 e. The molecule has 100 valence electrons. The van der Waals surface area contributed by atoms with Crippen molar-refractivity contribution in [2.45, 2.75) is 47.2 Å². The molecular formula is C14H23N3O. The first-order valence-corrected chi connectivity index (χ1v) is 6.56. The molecule has 0 amide bonds. The molecule has 0 spiro atoms. The molecular weight excluding hydrogens is 226 g/mol. The third-order valence-electron chi connectivity index (χ3n) is 2.82. The van der Waals surface area contributed by atoms with E-state index in [-0.39, 0.29) is 11.7 Å². The van der Waals surface area contributed by atoms with Gasteiger partial charge in [-0.3, -0.25) is 9.13 Å². The lowest BCUT2D eigenvalue weighted by Crippen LogP contribution is -2.24. The van der Waals surface area contributed by atoms with Gasteiger partial charge in [0.2, 0.25) is 0 Å². The summed E-state index contributed by atoms with van der Waals surface area (Å²) in [6.45, 7) is 10.7. The van der Waals surface area contributed by atoms with Crippen molar-refractivity contribution in [3.8, 4) is 0 Å². The van der Waals surface area contributed by atoms with E-state index in [2.05, 4.69) is 0 Å². The van der Waals surface area contributed by atoms with Gasteiger partial charge in [0.15, 0.2) is 0 Å². The van der Waals surface area contributed by atoms with Crippen LogP contribution in [-0.4, -0.2) is 9.13 Å². The van der Waals surface area contributed by atoms with E-state index in [9.17, 15) is 4.79 Å². The third-order valence-corrected chi connectivity index (χ3v) is 2.82. The molecule has 2 N–H and O–H groups in total. The monoisotopic (exact) mass is 249 g/mol. The van der Waals surface area contributed by atoms with E-state index in [1.807, 2.05) is 52.8 Å². The van der Waals surface area contributed by atoms with Crippen molar-refractivity contribution in [2.24, 2.45) is 0 Å². The number of anilines is 1.